The Morgan fingerprint density at radius 3 is 2.67 bits per heavy atom. The van der Waals surface area contributed by atoms with Crippen LogP contribution in [0.2, 0.25) is 0 Å². The van der Waals surface area contributed by atoms with Crippen molar-refractivity contribution >= 4 is 23.4 Å². The van der Waals surface area contributed by atoms with Crippen LogP contribution in [0.15, 0.2) is 34.2 Å². The number of esters is 1. The normalized spacial score (nSPS) is 12.2. The first-order valence-electron chi connectivity index (χ1n) is 7.47. The van der Waals surface area contributed by atoms with Gasteiger partial charge in [-0.2, -0.15) is 0 Å². The SMILES string of the molecule is CC(=O)OC(C)c1nc(C(C)C)c(Sc2cccc([N+](=O)[O-])c2)[nH]1. The quantitative estimate of drug-likeness (QED) is 0.476. The van der Waals surface area contributed by atoms with Crippen molar-refractivity contribution in [3.8, 4) is 0 Å². The second-order valence-corrected chi connectivity index (χ2v) is 6.68. The average molecular weight is 349 g/mol. The number of nitro benzene ring substituents is 1. The molecule has 1 unspecified atom stereocenters. The molecule has 0 aliphatic rings. The van der Waals surface area contributed by atoms with Crippen LogP contribution in [0.5, 0.6) is 0 Å². The van der Waals surface area contributed by atoms with Gasteiger partial charge in [0.25, 0.3) is 5.69 Å². The number of H-pyrrole nitrogens is 1. The molecule has 1 aromatic carbocycles. The largest absolute Gasteiger partial charge is 0.455 e. The highest BCUT2D eigenvalue weighted by Gasteiger charge is 2.20. The van der Waals surface area contributed by atoms with Crippen LogP contribution < -0.4 is 0 Å². The number of aromatic nitrogens is 2. The molecule has 0 saturated carbocycles. The zero-order valence-corrected chi connectivity index (χ0v) is 14.7. The second kappa shape index (κ2) is 7.48. The first-order chi connectivity index (χ1) is 11.3. The Bertz CT molecular complexity index is 758. The Labute approximate surface area is 144 Å². The molecule has 0 aliphatic carbocycles. The maximum atomic E-state index is 11.1. The number of ether oxygens (including phenoxy) is 1. The van der Waals surface area contributed by atoms with Crippen molar-refractivity contribution in [2.45, 2.75) is 49.6 Å². The van der Waals surface area contributed by atoms with E-state index in [1.807, 2.05) is 13.8 Å². The van der Waals surface area contributed by atoms with Gasteiger partial charge in [-0.3, -0.25) is 14.9 Å². The molecule has 24 heavy (non-hydrogen) atoms. The number of nitrogens with one attached hydrogen (secondary N) is 1. The third-order valence-electron chi connectivity index (χ3n) is 3.24. The van der Waals surface area contributed by atoms with Gasteiger partial charge in [0, 0.05) is 24.0 Å². The van der Waals surface area contributed by atoms with Gasteiger partial charge in [0.1, 0.15) is 10.9 Å². The van der Waals surface area contributed by atoms with Crippen molar-refractivity contribution in [1.82, 2.24) is 9.97 Å². The summed E-state index contributed by atoms with van der Waals surface area (Å²) < 4.78 is 5.15. The number of hydrogen-bond acceptors (Lipinski definition) is 6. The van der Waals surface area contributed by atoms with Gasteiger partial charge in [-0.05, 0) is 18.9 Å². The first kappa shape index (κ1) is 18.0. The zero-order valence-electron chi connectivity index (χ0n) is 13.9. The van der Waals surface area contributed by atoms with E-state index >= 15 is 0 Å². The van der Waals surface area contributed by atoms with E-state index in [2.05, 4.69) is 9.97 Å². The van der Waals surface area contributed by atoms with Gasteiger partial charge >= 0.3 is 5.97 Å². The summed E-state index contributed by atoms with van der Waals surface area (Å²) in [6, 6.07) is 6.42. The minimum absolute atomic E-state index is 0.0408. The fourth-order valence-electron chi connectivity index (χ4n) is 2.13. The zero-order chi connectivity index (χ0) is 17.9. The van der Waals surface area contributed by atoms with E-state index in [-0.39, 0.29) is 17.6 Å². The molecule has 8 heteroatoms. The topological polar surface area (TPSA) is 98.1 Å². The maximum Gasteiger partial charge on any atom is 0.303 e. The Morgan fingerprint density at radius 2 is 2.08 bits per heavy atom. The Hall–Kier alpha value is -2.35. The summed E-state index contributed by atoms with van der Waals surface area (Å²) >= 11 is 1.37. The molecule has 0 bridgehead atoms. The van der Waals surface area contributed by atoms with Crippen molar-refractivity contribution < 1.29 is 14.5 Å². The first-order valence-corrected chi connectivity index (χ1v) is 8.29. The molecule has 0 fully saturated rings. The van der Waals surface area contributed by atoms with Crippen molar-refractivity contribution in [2.24, 2.45) is 0 Å². The van der Waals surface area contributed by atoms with Crippen LogP contribution >= 0.6 is 11.8 Å². The van der Waals surface area contributed by atoms with E-state index in [0.717, 1.165) is 15.6 Å². The van der Waals surface area contributed by atoms with Crippen LogP contribution in [0.1, 0.15) is 51.2 Å². The molecule has 128 valence electrons. The number of imidazole rings is 1. The lowest BCUT2D eigenvalue weighted by Crippen LogP contribution is -2.06. The smallest absolute Gasteiger partial charge is 0.303 e. The molecular weight excluding hydrogens is 330 g/mol. The van der Waals surface area contributed by atoms with Crippen molar-refractivity contribution in [1.29, 1.82) is 0 Å². The molecule has 2 rings (SSSR count). The number of aromatic amines is 1. The van der Waals surface area contributed by atoms with E-state index < -0.39 is 11.0 Å². The minimum Gasteiger partial charge on any atom is -0.455 e. The highest BCUT2D eigenvalue weighted by atomic mass is 32.2. The van der Waals surface area contributed by atoms with Gasteiger partial charge < -0.3 is 9.72 Å². The number of carbonyl (C=O) groups is 1. The molecule has 7 nitrogen and oxygen atoms in total. The number of nitro groups is 1. The summed E-state index contributed by atoms with van der Waals surface area (Å²) in [5.74, 6) is 0.334. The summed E-state index contributed by atoms with van der Waals surface area (Å²) in [7, 11) is 0. The molecule has 1 aromatic heterocycles. The fourth-order valence-corrected chi connectivity index (χ4v) is 3.24. The number of benzene rings is 1. The van der Waals surface area contributed by atoms with E-state index in [9.17, 15) is 14.9 Å². The van der Waals surface area contributed by atoms with E-state index in [0.29, 0.717) is 5.82 Å². The molecule has 1 heterocycles. The Balaban J connectivity index is 2.32. The lowest BCUT2D eigenvalue weighted by molar-refractivity contribution is -0.385. The van der Waals surface area contributed by atoms with Crippen LogP contribution in [0, 0.1) is 10.1 Å². The predicted molar refractivity (Wildman–Crippen MR) is 90.1 cm³/mol. The van der Waals surface area contributed by atoms with Gasteiger partial charge in [-0.15, -0.1) is 0 Å². The van der Waals surface area contributed by atoms with E-state index in [4.69, 9.17) is 4.74 Å². The second-order valence-electron chi connectivity index (χ2n) is 5.60. The molecule has 1 atom stereocenters. The standard InChI is InChI=1S/C16H19N3O4S/c1-9(2)14-16(18-15(17-14)10(3)23-11(4)20)24-13-7-5-6-12(8-13)19(21)22/h5-10H,1-4H3,(H,17,18). The van der Waals surface area contributed by atoms with Crippen molar-refractivity contribution in [3.63, 3.8) is 0 Å². The van der Waals surface area contributed by atoms with Crippen LogP contribution in [0.25, 0.3) is 0 Å². The maximum absolute atomic E-state index is 11.1. The molecular formula is C16H19N3O4S. The average Bonchev–Trinajstić information content (AvgIpc) is 2.91. The lowest BCUT2D eigenvalue weighted by Gasteiger charge is -2.08. The number of nitrogens with zero attached hydrogens (tertiary/aromatic N) is 2. The van der Waals surface area contributed by atoms with Gasteiger partial charge in [0.2, 0.25) is 0 Å². The Morgan fingerprint density at radius 1 is 1.38 bits per heavy atom. The molecule has 0 radical (unpaired) electrons. The van der Waals surface area contributed by atoms with E-state index in [1.165, 1.54) is 30.8 Å². The molecule has 0 saturated heterocycles. The van der Waals surface area contributed by atoms with Gasteiger partial charge in [-0.25, -0.2) is 4.98 Å². The molecule has 1 N–H and O–H groups in total. The lowest BCUT2D eigenvalue weighted by atomic mass is 10.2. The third kappa shape index (κ3) is 4.35. The summed E-state index contributed by atoms with van der Waals surface area (Å²) in [5.41, 5.74) is 0.875. The molecule has 0 aliphatic heterocycles. The van der Waals surface area contributed by atoms with Crippen molar-refractivity contribution in [3.05, 3.63) is 45.9 Å². The summed E-state index contributed by atoms with van der Waals surface area (Å²) in [5, 5.41) is 11.7. The highest BCUT2D eigenvalue weighted by molar-refractivity contribution is 7.99. The summed E-state index contributed by atoms with van der Waals surface area (Å²) in [4.78, 5) is 30.0. The number of hydrogen-bond donors (Lipinski definition) is 1. The van der Waals surface area contributed by atoms with Gasteiger partial charge in [0.15, 0.2) is 6.10 Å². The van der Waals surface area contributed by atoms with Crippen LogP contribution in [-0.4, -0.2) is 20.9 Å². The van der Waals surface area contributed by atoms with Crippen LogP contribution in [0.4, 0.5) is 5.69 Å². The van der Waals surface area contributed by atoms with Crippen LogP contribution in [0.3, 0.4) is 0 Å². The predicted octanol–water partition coefficient (Wildman–Crippen LogP) is 4.22. The fraction of sp³-hybridized carbons (Fsp3) is 0.375. The van der Waals surface area contributed by atoms with Crippen molar-refractivity contribution in [2.75, 3.05) is 0 Å². The molecule has 0 spiro atoms. The summed E-state index contributed by atoms with van der Waals surface area (Å²) in [6.45, 7) is 7.11. The van der Waals surface area contributed by atoms with Crippen LogP contribution in [-0.2, 0) is 9.53 Å². The highest BCUT2D eigenvalue weighted by Crippen LogP contribution is 2.35. The monoisotopic (exact) mass is 349 g/mol. The minimum atomic E-state index is -0.487. The molecule has 2 aromatic rings. The van der Waals surface area contributed by atoms with E-state index in [1.54, 1.807) is 19.1 Å². The summed E-state index contributed by atoms with van der Waals surface area (Å²) in [6.07, 6.45) is -0.487. The Kier molecular flexibility index (Phi) is 5.61. The number of non-ortho nitro benzene ring substituents is 1. The molecule has 0 amide bonds. The third-order valence-corrected chi connectivity index (χ3v) is 4.24. The van der Waals surface area contributed by atoms with Gasteiger partial charge in [0.05, 0.1) is 10.6 Å². The number of carbonyl (C=O) groups excluding carboxylic acids is 1. The van der Waals surface area contributed by atoms with Gasteiger partial charge in [-0.1, -0.05) is 31.7 Å². The number of rotatable bonds is 6.